The van der Waals surface area contributed by atoms with Gasteiger partial charge in [-0.25, -0.2) is 13.4 Å². The predicted molar refractivity (Wildman–Crippen MR) is 172 cm³/mol. The van der Waals surface area contributed by atoms with Crippen molar-refractivity contribution in [2.45, 2.75) is 62.8 Å². The smallest absolute Gasteiger partial charge is 0.406 e. The number of fused-ring (bicyclic) bond motifs is 1. The fourth-order valence-electron chi connectivity index (χ4n) is 6.19. The molecule has 0 spiro atoms. The molecule has 254 valence electrons. The van der Waals surface area contributed by atoms with Gasteiger partial charge in [0.2, 0.25) is 0 Å². The number of anilines is 1. The summed E-state index contributed by atoms with van der Waals surface area (Å²) >= 11 is 0. The molecule has 10 nitrogen and oxygen atoms in total. The third-order valence-corrected chi connectivity index (χ3v) is 9.67. The van der Waals surface area contributed by atoms with Crippen molar-refractivity contribution in [2.24, 2.45) is 5.92 Å². The number of nitrogens with zero attached hydrogens (tertiary/aromatic N) is 3. The lowest BCUT2D eigenvalue weighted by molar-refractivity contribution is -0.139. The molecule has 14 heteroatoms. The van der Waals surface area contributed by atoms with E-state index in [1.807, 2.05) is 0 Å². The normalized spacial score (nSPS) is 19.6. The van der Waals surface area contributed by atoms with Gasteiger partial charge in [0.25, 0.3) is 5.91 Å². The Bertz CT molecular complexity index is 1760. The monoisotopic (exact) mass is 675 g/mol. The number of carbonyl (C=O) groups excluding carboxylic acids is 1. The highest BCUT2D eigenvalue weighted by Gasteiger charge is 2.33. The lowest BCUT2D eigenvalue weighted by Gasteiger charge is -2.42. The quantitative estimate of drug-likeness (QED) is 0.319. The standard InChI is InChI=1S/C33H40F3N5O5S/c1-4-46-30-18-25(47(3,43)44)7-8-28(30)37-12-5-6-23-16-26(31-29(17-23)41(21-38-31)20-33(34,35)36)32(42)39-27-9-13-40(19-22(27)2)24-10-14-45-15-11-24/h7-8,16-18,21-22,24,27,37H,4,9-15,19-20H2,1-3H3,(H,39,42)/t22-,27-/m0/s1. The Balaban J connectivity index is 1.35. The number of sulfone groups is 1. The fraction of sp³-hybridized carbons (Fsp3) is 0.515. The maximum Gasteiger partial charge on any atom is 0.406 e. The number of hydrogen-bond donors (Lipinski definition) is 2. The van der Waals surface area contributed by atoms with Crippen molar-refractivity contribution >= 4 is 32.5 Å². The third-order valence-electron chi connectivity index (χ3n) is 8.56. The minimum absolute atomic E-state index is 0.0986. The van der Waals surface area contributed by atoms with Crippen molar-refractivity contribution in [2.75, 3.05) is 51.0 Å². The van der Waals surface area contributed by atoms with Gasteiger partial charge in [-0.1, -0.05) is 18.8 Å². The molecule has 0 radical (unpaired) electrons. The van der Waals surface area contributed by atoms with Crippen molar-refractivity contribution in [3.8, 4) is 17.6 Å². The number of aromatic nitrogens is 2. The average molecular weight is 676 g/mol. The molecule has 5 rings (SSSR count). The highest BCUT2D eigenvalue weighted by Crippen LogP contribution is 2.29. The molecule has 1 amide bonds. The van der Waals surface area contributed by atoms with Crippen LogP contribution in [-0.2, 0) is 21.1 Å². The highest BCUT2D eigenvalue weighted by atomic mass is 32.2. The van der Waals surface area contributed by atoms with Gasteiger partial charge in [-0.2, -0.15) is 13.2 Å². The van der Waals surface area contributed by atoms with Gasteiger partial charge in [0.1, 0.15) is 17.8 Å². The van der Waals surface area contributed by atoms with Gasteiger partial charge in [-0.05, 0) is 56.4 Å². The summed E-state index contributed by atoms with van der Waals surface area (Å²) in [5, 5.41) is 6.22. The second-order valence-electron chi connectivity index (χ2n) is 12.1. The van der Waals surface area contributed by atoms with Crippen molar-refractivity contribution in [3.05, 3.63) is 47.8 Å². The van der Waals surface area contributed by atoms with Crippen molar-refractivity contribution in [1.29, 1.82) is 0 Å². The average Bonchev–Trinajstić information content (AvgIpc) is 3.41. The molecule has 0 aliphatic carbocycles. The molecule has 2 aromatic carbocycles. The van der Waals surface area contributed by atoms with E-state index in [0.717, 1.165) is 62.7 Å². The van der Waals surface area contributed by atoms with E-state index in [9.17, 15) is 26.4 Å². The molecule has 2 atom stereocenters. The van der Waals surface area contributed by atoms with E-state index in [0.29, 0.717) is 29.6 Å². The highest BCUT2D eigenvalue weighted by molar-refractivity contribution is 7.90. The molecule has 3 heterocycles. The molecule has 2 aliphatic heterocycles. The molecular weight excluding hydrogens is 635 g/mol. The topological polar surface area (TPSA) is 115 Å². The van der Waals surface area contributed by atoms with Gasteiger partial charge in [0, 0.05) is 56.3 Å². The molecule has 2 N–H and O–H groups in total. The summed E-state index contributed by atoms with van der Waals surface area (Å²) in [6.45, 7) is 6.26. The summed E-state index contributed by atoms with van der Waals surface area (Å²) in [4.78, 5) is 20.5. The first kappa shape index (κ1) is 34.5. The number of amides is 1. The van der Waals surface area contributed by atoms with Crippen LogP contribution in [0.3, 0.4) is 0 Å². The van der Waals surface area contributed by atoms with E-state index in [1.54, 1.807) is 19.1 Å². The SMILES string of the molecule is CCOc1cc(S(C)(=O)=O)ccc1NCC#Cc1cc(C(=O)N[C@H]2CCN(C3CCOCC3)C[C@@H]2C)c2ncn(CC(F)(F)F)c2c1. The Hall–Kier alpha value is -3.80. The van der Waals surface area contributed by atoms with Gasteiger partial charge < -0.3 is 24.7 Å². The zero-order valence-corrected chi connectivity index (χ0v) is 27.5. The van der Waals surface area contributed by atoms with Crippen LogP contribution >= 0.6 is 0 Å². The van der Waals surface area contributed by atoms with E-state index in [4.69, 9.17) is 9.47 Å². The van der Waals surface area contributed by atoms with Crippen LogP contribution in [0, 0.1) is 17.8 Å². The Morgan fingerprint density at radius 3 is 2.62 bits per heavy atom. The zero-order valence-electron chi connectivity index (χ0n) is 26.7. The number of halogens is 3. The number of hydrogen-bond acceptors (Lipinski definition) is 8. The van der Waals surface area contributed by atoms with Gasteiger partial charge in [0.05, 0.1) is 41.1 Å². The number of ether oxygens (including phenoxy) is 2. The van der Waals surface area contributed by atoms with E-state index in [-0.39, 0.29) is 40.0 Å². The maximum atomic E-state index is 13.7. The first-order valence-corrected chi connectivity index (χ1v) is 17.6. The van der Waals surface area contributed by atoms with Gasteiger partial charge in [-0.15, -0.1) is 0 Å². The molecule has 3 aromatic rings. The van der Waals surface area contributed by atoms with Gasteiger partial charge >= 0.3 is 6.18 Å². The molecule has 2 fully saturated rings. The first-order valence-electron chi connectivity index (χ1n) is 15.7. The lowest BCUT2D eigenvalue weighted by atomic mass is 9.91. The maximum absolute atomic E-state index is 13.7. The van der Waals surface area contributed by atoms with Crippen LogP contribution in [-0.4, -0.2) is 92.7 Å². The van der Waals surface area contributed by atoms with Crippen LogP contribution in [0.25, 0.3) is 11.0 Å². The van der Waals surface area contributed by atoms with Crippen molar-refractivity contribution in [3.63, 3.8) is 0 Å². The van der Waals surface area contributed by atoms with Crippen LogP contribution < -0.4 is 15.4 Å². The predicted octanol–water partition coefficient (Wildman–Crippen LogP) is 4.48. The zero-order chi connectivity index (χ0) is 33.8. The summed E-state index contributed by atoms with van der Waals surface area (Å²) in [7, 11) is -3.43. The summed E-state index contributed by atoms with van der Waals surface area (Å²) in [5.41, 5.74) is 1.38. The van der Waals surface area contributed by atoms with Crippen molar-refractivity contribution < 1.29 is 35.9 Å². The molecule has 2 aliphatic rings. The number of imidazole rings is 1. The number of nitrogens with one attached hydrogen (secondary N) is 2. The van der Waals surface area contributed by atoms with E-state index >= 15 is 0 Å². The Labute approximate surface area is 272 Å². The van der Waals surface area contributed by atoms with E-state index in [1.165, 1.54) is 18.2 Å². The number of piperidine rings is 1. The molecule has 0 saturated carbocycles. The summed E-state index contributed by atoms with van der Waals surface area (Å²) in [6.07, 6.45) is 0.471. The molecule has 0 bridgehead atoms. The number of alkyl halides is 3. The summed E-state index contributed by atoms with van der Waals surface area (Å²) in [6, 6.07) is 7.92. The molecule has 1 aromatic heterocycles. The second kappa shape index (κ2) is 14.5. The first-order chi connectivity index (χ1) is 22.3. The molecule has 47 heavy (non-hydrogen) atoms. The number of rotatable bonds is 9. The van der Waals surface area contributed by atoms with Crippen molar-refractivity contribution in [1.82, 2.24) is 19.8 Å². The Morgan fingerprint density at radius 2 is 1.94 bits per heavy atom. The number of carbonyl (C=O) groups is 1. The Morgan fingerprint density at radius 1 is 1.17 bits per heavy atom. The molecule has 2 saturated heterocycles. The van der Waals surface area contributed by atoms with Gasteiger partial charge in [0.15, 0.2) is 9.84 Å². The molecule has 0 unspecified atom stereocenters. The van der Waals surface area contributed by atoms with Gasteiger partial charge in [-0.3, -0.25) is 9.69 Å². The summed E-state index contributed by atoms with van der Waals surface area (Å²) in [5.74, 6) is 6.02. The minimum Gasteiger partial charge on any atom is -0.492 e. The molecular formula is C33H40F3N5O5S. The number of likely N-dealkylation sites (tertiary alicyclic amines) is 1. The van der Waals surface area contributed by atoms with E-state index in [2.05, 4.69) is 39.3 Å². The van der Waals surface area contributed by atoms with Crippen LogP contribution in [0.2, 0.25) is 0 Å². The van der Waals surface area contributed by atoms with Crippen LogP contribution in [0.15, 0.2) is 41.6 Å². The van der Waals surface area contributed by atoms with Crippen LogP contribution in [0.5, 0.6) is 5.75 Å². The summed E-state index contributed by atoms with van der Waals surface area (Å²) < 4.78 is 76.2. The lowest BCUT2D eigenvalue weighted by Crippen LogP contribution is -2.53. The van der Waals surface area contributed by atoms with E-state index < -0.39 is 28.5 Å². The minimum atomic E-state index is -4.49. The van der Waals surface area contributed by atoms with Crippen LogP contribution in [0.1, 0.15) is 49.0 Å². The number of benzene rings is 2. The third kappa shape index (κ3) is 8.77. The largest absolute Gasteiger partial charge is 0.492 e. The van der Waals surface area contributed by atoms with Crippen LogP contribution in [0.4, 0.5) is 18.9 Å². The second-order valence-corrected chi connectivity index (χ2v) is 14.1. The fourth-order valence-corrected chi connectivity index (χ4v) is 6.82. The Kier molecular flexibility index (Phi) is 10.7.